The Bertz CT molecular complexity index is 391. The number of piperidine rings is 3. The molecule has 2 bridgehead atoms. The zero-order chi connectivity index (χ0) is 16.6. The lowest BCUT2D eigenvalue weighted by Crippen LogP contribution is -2.57. The molecule has 4 aliphatic heterocycles. The first-order chi connectivity index (χ1) is 10.8. The molecule has 0 radical (unpaired) electrons. The van der Waals surface area contributed by atoms with E-state index in [1.54, 1.807) is 0 Å². The molecule has 4 fully saturated rings. The van der Waals surface area contributed by atoms with Gasteiger partial charge in [0.15, 0.2) is 0 Å². The summed E-state index contributed by atoms with van der Waals surface area (Å²) in [7, 11) is 0. The average molecular weight is 333 g/mol. The van der Waals surface area contributed by atoms with E-state index in [1.807, 2.05) is 0 Å². The van der Waals surface area contributed by atoms with E-state index in [4.69, 9.17) is 0 Å². The first kappa shape index (κ1) is 17.5. The van der Waals surface area contributed by atoms with Crippen LogP contribution in [0.25, 0.3) is 0 Å². The lowest BCUT2D eigenvalue weighted by atomic mass is 9.73. The number of hydrogen-bond acceptors (Lipinski definition) is 3. The zero-order valence-electron chi connectivity index (χ0n) is 14.3. The van der Waals surface area contributed by atoms with Gasteiger partial charge in [0.05, 0.1) is 6.54 Å². The van der Waals surface area contributed by atoms with Crippen LogP contribution in [0.1, 0.15) is 33.1 Å². The first-order valence-corrected chi connectivity index (χ1v) is 9.10. The lowest BCUT2D eigenvalue weighted by molar-refractivity contribution is -0.124. The van der Waals surface area contributed by atoms with Crippen molar-refractivity contribution in [3.8, 4) is 0 Å². The number of nitrogens with zero attached hydrogens (tertiary/aromatic N) is 2. The molecule has 4 rings (SSSR count). The molecule has 6 heteroatoms. The molecule has 3 unspecified atom stereocenters. The second kappa shape index (κ2) is 6.89. The number of rotatable bonds is 6. The van der Waals surface area contributed by atoms with Crippen molar-refractivity contribution in [2.24, 2.45) is 17.8 Å². The first-order valence-electron chi connectivity index (χ1n) is 9.10. The van der Waals surface area contributed by atoms with Crippen molar-refractivity contribution in [3.63, 3.8) is 0 Å². The summed E-state index contributed by atoms with van der Waals surface area (Å²) < 4.78 is 36.9. The number of fused-ring (bicyclic) bond motifs is 2. The van der Waals surface area contributed by atoms with Gasteiger partial charge in [0.2, 0.25) is 0 Å². The van der Waals surface area contributed by atoms with E-state index in [9.17, 15) is 13.2 Å². The molecule has 0 aromatic heterocycles. The van der Waals surface area contributed by atoms with Crippen molar-refractivity contribution in [1.82, 2.24) is 15.1 Å². The minimum Gasteiger partial charge on any atom is -0.309 e. The molecule has 1 N–H and O–H groups in total. The fraction of sp³-hybridized carbons (Fsp3) is 1.00. The highest BCUT2D eigenvalue weighted by molar-refractivity contribution is 5.06. The fourth-order valence-electron chi connectivity index (χ4n) is 5.12. The molecule has 3 atom stereocenters. The smallest absolute Gasteiger partial charge is 0.309 e. The molecule has 3 nitrogen and oxygen atoms in total. The molecule has 4 heterocycles. The van der Waals surface area contributed by atoms with Gasteiger partial charge >= 0.3 is 6.18 Å². The monoisotopic (exact) mass is 333 g/mol. The topological polar surface area (TPSA) is 18.5 Å². The van der Waals surface area contributed by atoms with Crippen molar-refractivity contribution in [1.29, 1.82) is 0 Å². The van der Waals surface area contributed by atoms with Gasteiger partial charge in [0.25, 0.3) is 0 Å². The second-order valence-electron chi connectivity index (χ2n) is 8.02. The quantitative estimate of drug-likeness (QED) is 0.754. The van der Waals surface area contributed by atoms with Crippen LogP contribution in [0.2, 0.25) is 0 Å². The molecule has 0 amide bonds. The van der Waals surface area contributed by atoms with Crippen molar-refractivity contribution in [3.05, 3.63) is 0 Å². The van der Waals surface area contributed by atoms with Gasteiger partial charge in [-0.05, 0) is 56.7 Å². The van der Waals surface area contributed by atoms with E-state index >= 15 is 0 Å². The van der Waals surface area contributed by atoms with Gasteiger partial charge in [0, 0.05) is 25.2 Å². The highest BCUT2D eigenvalue weighted by atomic mass is 19.4. The molecule has 4 saturated heterocycles. The largest absolute Gasteiger partial charge is 0.401 e. The van der Waals surface area contributed by atoms with Crippen LogP contribution in [0.5, 0.6) is 0 Å². The lowest BCUT2D eigenvalue weighted by Gasteiger charge is -2.49. The van der Waals surface area contributed by atoms with E-state index in [-0.39, 0.29) is 0 Å². The Morgan fingerprint density at radius 2 is 1.87 bits per heavy atom. The standard InChI is InChI=1S/C17H30F3N3/c1-12(2)9-23-10-14-13-4-7-22(8-5-13)16(14)15(23)3-6-21-11-17(18,19)20/h12-16,21H,3-11H2,1-2H3. The van der Waals surface area contributed by atoms with Crippen molar-refractivity contribution >= 4 is 0 Å². The van der Waals surface area contributed by atoms with Crippen molar-refractivity contribution < 1.29 is 13.2 Å². The maximum absolute atomic E-state index is 12.3. The van der Waals surface area contributed by atoms with E-state index in [0.717, 1.165) is 31.3 Å². The minimum absolute atomic E-state index is 0.422. The Morgan fingerprint density at radius 1 is 1.17 bits per heavy atom. The summed E-state index contributed by atoms with van der Waals surface area (Å²) in [6.07, 6.45) is -0.651. The van der Waals surface area contributed by atoms with Gasteiger partial charge in [-0.2, -0.15) is 13.2 Å². The second-order valence-corrected chi connectivity index (χ2v) is 8.02. The summed E-state index contributed by atoms with van der Waals surface area (Å²) in [5, 5.41) is 2.60. The number of likely N-dealkylation sites (tertiary alicyclic amines) is 1. The van der Waals surface area contributed by atoms with Crippen LogP contribution in [0.15, 0.2) is 0 Å². The number of halogens is 3. The molecular formula is C17H30F3N3. The molecule has 4 aliphatic rings. The van der Waals surface area contributed by atoms with Crippen LogP contribution in [-0.2, 0) is 0 Å². The summed E-state index contributed by atoms with van der Waals surface area (Å²) in [6, 6.07) is 1.00. The Balaban J connectivity index is 1.61. The number of nitrogens with one attached hydrogen (secondary N) is 1. The van der Waals surface area contributed by atoms with Gasteiger partial charge in [-0.15, -0.1) is 0 Å². The van der Waals surface area contributed by atoms with E-state index < -0.39 is 12.7 Å². The summed E-state index contributed by atoms with van der Waals surface area (Å²) in [5.74, 6) is 2.19. The van der Waals surface area contributed by atoms with E-state index in [1.165, 1.54) is 25.9 Å². The molecular weight excluding hydrogens is 303 g/mol. The highest BCUT2D eigenvalue weighted by Crippen LogP contribution is 2.44. The molecule has 0 aromatic rings. The fourth-order valence-corrected chi connectivity index (χ4v) is 5.12. The predicted molar refractivity (Wildman–Crippen MR) is 85.3 cm³/mol. The maximum Gasteiger partial charge on any atom is 0.401 e. The molecule has 0 spiro atoms. The Kier molecular flexibility index (Phi) is 5.24. The molecule has 0 saturated carbocycles. The molecule has 23 heavy (non-hydrogen) atoms. The van der Waals surface area contributed by atoms with Crippen molar-refractivity contribution in [2.75, 3.05) is 39.3 Å². The summed E-state index contributed by atoms with van der Waals surface area (Å²) in [4.78, 5) is 5.20. The number of alkyl halides is 3. The highest BCUT2D eigenvalue weighted by Gasteiger charge is 2.51. The summed E-state index contributed by atoms with van der Waals surface area (Å²) >= 11 is 0. The predicted octanol–water partition coefficient (Wildman–Crippen LogP) is 2.58. The van der Waals surface area contributed by atoms with Gasteiger partial charge in [-0.3, -0.25) is 9.80 Å². The van der Waals surface area contributed by atoms with Gasteiger partial charge in [0.1, 0.15) is 0 Å². The summed E-state index contributed by atoms with van der Waals surface area (Å²) in [6.45, 7) is 8.64. The van der Waals surface area contributed by atoms with Crippen LogP contribution in [0.4, 0.5) is 13.2 Å². The van der Waals surface area contributed by atoms with E-state index in [2.05, 4.69) is 29.0 Å². The average Bonchev–Trinajstić information content (AvgIpc) is 2.83. The Hall–Kier alpha value is -0.330. The Labute approximate surface area is 137 Å². The Morgan fingerprint density at radius 3 is 2.48 bits per heavy atom. The van der Waals surface area contributed by atoms with Crippen LogP contribution in [-0.4, -0.2) is 67.3 Å². The third-order valence-electron chi connectivity index (χ3n) is 5.89. The minimum atomic E-state index is -4.11. The third-order valence-corrected chi connectivity index (χ3v) is 5.89. The van der Waals surface area contributed by atoms with Crippen LogP contribution in [0, 0.1) is 17.8 Å². The molecule has 134 valence electrons. The maximum atomic E-state index is 12.3. The van der Waals surface area contributed by atoms with Gasteiger partial charge < -0.3 is 5.32 Å². The van der Waals surface area contributed by atoms with Gasteiger partial charge in [-0.25, -0.2) is 0 Å². The van der Waals surface area contributed by atoms with Gasteiger partial charge in [-0.1, -0.05) is 13.8 Å². The number of hydrogen-bond donors (Lipinski definition) is 1. The summed E-state index contributed by atoms with van der Waals surface area (Å²) in [5.41, 5.74) is 0. The molecule has 0 aromatic carbocycles. The zero-order valence-corrected chi connectivity index (χ0v) is 14.3. The third kappa shape index (κ3) is 4.02. The van der Waals surface area contributed by atoms with Crippen LogP contribution >= 0.6 is 0 Å². The molecule has 0 aliphatic carbocycles. The SMILES string of the molecule is CC(C)CN1CC2C3CCN(CC3)C2C1CCNCC(F)(F)F. The van der Waals surface area contributed by atoms with Crippen molar-refractivity contribution in [2.45, 2.75) is 51.4 Å². The van der Waals surface area contributed by atoms with Crippen LogP contribution < -0.4 is 5.32 Å². The van der Waals surface area contributed by atoms with Crippen LogP contribution in [0.3, 0.4) is 0 Å². The normalized spacial score (nSPS) is 37.6. The van der Waals surface area contributed by atoms with E-state index in [0.29, 0.717) is 24.5 Å².